The number of nitrogens with one attached hydrogen (secondary N) is 1. The Labute approximate surface area is 151 Å². The van der Waals surface area contributed by atoms with Gasteiger partial charge >= 0.3 is 5.97 Å². The maximum atomic E-state index is 13.4. The van der Waals surface area contributed by atoms with E-state index in [4.69, 9.17) is 4.74 Å². The van der Waals surface area contributed by atoms with Crippen LogP contribution >= 0.6 is 0 Å². The summed E-state index contributed by atoms with van der Waals surface area (Å²) >= 11 is 0. The molecule has 1 unspecified atom stereocenters. The first-order chi connectivity index (χ1) is 12.6. The minimum absolute atomic E-state index is 0.328. The van der Waals surface area contributed by atoms with Crippen LogP contribution in [0.5, 0.6) is 0 Å². The number of halogens is 2. The van der Waals surface area contributed by atoms with Crippen molar-refractivity contribution in [2.24, 2.45) is 5.92 Å². The van der Waals surface area contributed by atoms with E-state index in [1.165, 1.54) is 12.3 Å². The maximum Gasteiger partial charge on any atom is 0.339 e. The van der Waals surface area contributed by atoms with Crippen molar-refractivity contribution in [3.63, 3.8) is 0 Å². The average molecular weight is 361 g/mol. The largest absolute Gasteiger partial charge is 0.462 e. The molecular weight excluding hydrogens is 340 g/mol. The van der Waals surface area contributed by atoms with Crippen molar-refractivity contribution < 1.29 is 18.3 Å². The minimum Gasteiger partial charge on any atom is -0.462 e. The Morgan fingerprint density at radius 1 is 1.31 bits per heavy atom. The fraction of sp³-hybridized carbons (Fsp3) is 0.368. The lowest BCUT2D eigenvalue weighted by Gasteiger charge is -2.19. The number of aromatic nitrogens is 1. The molecule has 1 atom stereocenters. The highest BCUT2D eigenvalue weighted by Gasteiger charge is 2.23. The van der Waals surface area contributed by atoms with Crippen LogP contribution in [0.15, 0.2) is 36.5 Å². The number of ether oxygens (including phenoxy) is 1. The number of rotatable bonds is 6. The van der Waals surface area contributed by atoms with Crippen molar-refractivity contribution in [1.82, 2.24) is 4.98 Å². The predicted octanol–water partition coefficient (Wildman–Crippen LogP) is 3.47. The van der Waals surface area contributed by atoms with Crippen molar-refractivity contribution in [3.8, 4) is 0 Å². The molecule has 0 bridgehead atoms. The standard InChI is InChI=1S/C19H21F2N3O2/c1-2-26-19(25)14-3-6-18(23-11-14)22-10-13-7-8-24(12-13)15-4-5-16(20)17(21)9-15/h3-6,9,11,13H,2,7-8,10,12H2,1H3,(H,22,23). The molecule has 1 saturated heterocycles. The second-order valence-corrected chi connectivity index (χ2v) is 6.23. The van der Waals surface area contributed by atoms with Gasteiger partial charge in [0.15, 0.2) is 11.6 Å². The van der Waals surface area contributed by atoms with E-state index in [9.17, 15) is 13.6 Å². The molecule has 0 aliphatic carbocycles. The molecule has 0 radical (unpaired) electrons. The van der Waals surface area contributed by atoms with Gasteiger partial charge in [0.05, 0.1) is 12.2 Å². The van der Waals surface area contributed by atoms with E-state index < -0.39 is 11.6 Å². The van der Waals surface area contributed by atoms with Crippen LogP contribution in [0, 0.1) is 17.6 Å². The molecule has 2 aromatic rings. The van der Waals surface area contributed by atoms with Crippen LogP contribution in [0.3, 0.4) is 0 Å². The molecule has 26 heavy (non-hydrogen) atoms. The van der Waals surface area contributed by atoms with Crippen molar-refractivity contribution in [2.75, 3.05) is 36.5 Å². The molecular formula is C19H21F2N3O2. The summed E-state index contributed by atoms with van der Waals surface area (Å²) in [6.07, 6.45) is 2.44. The summed E-state index contributed by atoms with van der Waals surface area (Å²) in [6.45, 7) is 4.36. The average Bonchev–Trinajstić information content (AvgIpc) is 3.12. The lowest BCUT2D eigenvalue weighted by Crippen LogP contribution is -2.22. The van der Waals surface area contributed by atoms with Crippen LogP contribution in [0.25, 0.3) is 0 Å². The zero-order valence-electron chi connectivity index (χ0n) is 14.5. The summed E-state index contributed by atoms with van der Waals surface area (Å²) in [5.74, 6) is -0.984. The molecule has 1 aromatic heterocycles. The van der Waals surface area contributed by atoms with Crippen molar-refractivity contribution >= 4 is 17.5 Å². The Morgan fingerprint density at radius 3 is 2.85 bits per heavy atom. The van der Waals surface area contributed by atoms with Gasteiger partial charge in [-0.1, -0.05) is 0 Å². The van der Waals surface area contributed by atoms with Crippen LogP contribution in [0.2, 0.25) is 0 Å². The topological polar surface area (TPSA) is 54.5 Å². The highest BCUT2D eigenvalue weighted by Crippen LogP contribution is 2.25. The predicted molar refractivity (Wildman–Crippen MR) is 95.4 cm³/mol. The van der Waals surface area contributed by atoms with E-state index >= 15 is 0 Å². The Kier molecular flexibility index (Phi) is 5.65. The van der Waals surface area contributed by atoms with E-state index in [0.29, 0.717) is 36.1 Å². The van der Waals surface area contributed by atoms with Crippen LogP contribution in [-0.2, 0) is 4.74 Å². The molecule has 1 fully saturated rings. The number of carbonyl (C=O) groups excluding carboxylic acids is 1. The van der Waals surface area contributed by atoms with Gasteiger partial charge in [-0.25, -0.2) is 18.6 Å². The number of pyridine rings is 1. The van der Waals surface area contributed by atoms with Crippen LogP contribution in [0.1, 0.15) is 23.7 Å². The van der Waals surface area contributed by atoms with Crippen LogP contribution in [-0.4, -0.2) is 37.2 Å². The zero-order chi connectivity index (χ0) is 18.5. The number of esters is 1. The summed E-state index contributed by atoms with van der Waals surface area (Å²) in [5, 5.41) is 3.25. The Morgan fingerprint density at radius 2 is 2.15 bits per heavy atom. The Bertz CT molecular complexity index is 768. The molecule has 0 amide bonds. The third-order valence-electron chi connectivity index (χ3n) is 4.40. The van der Waals surface area contributed by atoms with Crippen LogP contribution in [0.4, 0.5) is 20.3 Å². The van der Waals surface area contributed by atoms with Crippen molar-refractivity contribution in [3.05, 3.63) is 53.7 Å². The summed E-state index contributed by atoms with van der Waals surface area (Å²) in [6, 6.07) is 7.42. The van der Waals surface area contributed by atoms with Crippen molar-refractivity contribution in [2.45, 2.75) is 13.3 Å². The molecule has 1 aromatic carbocycles. The van der Waals surface area contributed by atoms with E-state index in [-0.39, 0.29) is 5.97 Å². The quantitative estimate of drug-likeness (QED) is 0.799. The van der Waals surface area contributed by atoms with Gasteiger partial charge in [0.1, 0.15) is 5.82 Å². The fourth-order valence-corrected chi connectivity index (χ4v) is 3.00. The van der Waals surface area contributed by atoms with E-state index in [0.717, 1.165) is 25.6 Å². The summed E-state index contributed by atoms with van der Waals surface area (Å²) < 4.78 is 31.4. The SMILES string of the molecule is CCOC(=O)c1ccc(NCC2CCN(c3ccc(F)c(F)c3)C2)nc1. The molecule has 7 heteroatoms. The molecule has 138 valence electrons. The van der Waals surface area contributed by atoms with E-state index in [1.807, 2.05) is 4.90 Å². The summed E-state index contributed by atoms with van der Waals surface area (Å²) in [4.78, 5) is 17.9. The molecule has 2 heterocycles. The maximum absolute atomic E-state index is 13.4. The number of benzene rings is 1. The van der Waals surface area contributed by atoms with Crippen molar-refractivity contribution in [1.29, 1.82) is 0 Å². The first kappa shape index (κ1) is 18.1. The van der Waals surface area contributed by atoms with Gasteiger partial charge in [-0.3, -0.25) is 0 Å². The minimum atomic E-state index is -0.830. The third-order valence-corrected chi connectivity index (χ3v) is 4.40. The van der Waals surface area contributed by atoms with Gasteiger partial charge in [-0.15, -0.1) is 0 Å². The molecule has 1 aliphatic rings. The van der Waals surface area contributed by atoms with Crippen LogP contribution < -0.4 is 10.2 Å². The van der Waals surface area contributed by atoms with Gasteiger partial charge in [-0.05, 0) is 43.5 Å². The molecule has 1 N–H and O–H groups in total. The second-order valence-electron chi connectivity index (χ2n) is 6.23. The van der Waals surface area contributed by atoms with Gasteiger partial charge in [0.25, 0.3) is 0 Å². The van der Waals surface area contributed by atoms with Gasteiger partial charge in [0, 0.05) is 37.6 Å². The normalized spacial score (nSPS) is 16.6. The molecule has 1 aliphatic heterocycles. The number of carbonyl (C=O) groups is 1. The monoisotopic (exact) mass is 361 g/mol. The lowest BCUT2D eigenvalue weighted by atomic mass is 10.1. The first-order valence-electron chi connectivity index (χ1n) is 8.64. The molecule has 0 spiro atoms. The summed E-state index contributed by atoms with van der Waals surface area (Å²) in [7, 11) is 0. The summed E-state index contributed by atoms with van der Waals surface area (Å²) in [5.41, 5.74) is 1.12. The fourth-order valence-electron chi connectivity index (χ4n) is 3.00. The van der Waals surface area contributed by atoms with E-state index in [1.54, 1.807) is 25.1 Å². The van der Waals surface area contributed by atoms with Gasteiger partial charge < -0.3 is 15.0 Å². The number of nitrogens with zero attached hydrogens (tertiary/aromatic N) is 2. The first-order valence-corrected chi connectivity index (χ1v) is 8.64. The van der Waals surface area contributed by atoms with Gasteiger partial charge in [-0.2, -0.15) is 0 Å². The lowest BCUT2D eigenvalue weighted by molar-refractivity contribution is 0.0526. The molecule has 3 rings (SSSR count). The highest BCUT2D eigenvalue weighted by molar-refractivity contribution is 5.89. The third kappa shape index (κ3) is 4.28. The molecule has 0 saturated carbocycles. The number of hydrogen-bond donors (Lipinski definition) is 1. The Hall–Kier alpha value is -2.70. The van der Waals surface area contributed by atoms with Gasteiger partial charge in [0.2, 0.25) is 0 Å². The Balaban J connectivity index is 1.51. The highest BCUT2D eigenvalue weighted by atomic mass is 19.2. The van der Waals surface area contributed by atoms with E-state index in [2.05, 4.69) is 10.3 Å². The number of anilines is 2. The second kappa shape index (κ2) is 8.12. The molecule has 5 nitrogen and oxygen atoms in total. The number of hydrogen-bond acceptors (Lipinski definition) is 5. The zero-order valence-corrected chi connectivity index (χ0v) is 14.5. The smallest absolute Gasteiger partial charge is 0.339 e.